The fourth-order valence-electron chi connectivity index (χ4n) is 2.10. The van der Waals surface area contributed by atoms with Crippen molar-refractivity contribution < 1.29 is 13.5 Å². The standard InChI is InChI=1S/C15H16ClN3O3S2/c1-3-15(20,4-2)13-9-23-14(18-13)19-24(21,22)12-6-5-10(8-17)7-11(12)16/h5-7,9,20H,3-4H2,1-2H3,(H,18,19). The largest absolute Gasteiger partial charge is 0.384 e. The number of nitrogens with zero attached hydrogens (tertiary/aromatic N) is 2. The van der Waals surface area contributed by atoms with Crippen molar-refractivity contribution in [1.82, 2.24) is 4.98 Å². The lowest BCUT2D eigenvalue weighted by atomic mass is 9.94. The van der Waals surface area contributed by atoms with Crippen LogP contribution in [-0.4, -0.2) is 18.5 Å². The summed E-state index contributed by atoms with van der Waals surface area (Å²) in [7, 11) is -3.94. The van der Waals surface area contributed by atoms with Crippen molar-refractivity contribution in [3.05, 3.63) is 39.9 Å². The Morgan fingerprint density at radius 1 is 1.42 bits per heavy atom. The Morgan fingerprint density at radius 3 is 2.62 bits per heavy atom. The van der Waals surface area contributed by atoms with E-state index in [9.17, 15) is 13.5 Å². The summed E-state index contributed by atoms with van der Waals surface area (Å²) in [6, 6.07) is 5.82. The average Bonchev–Trinajstić information content (AvgIpc) is 3.01. The highest BCUT2D eigenvalue weighted by Gasteiger charge is 2.29. The molecule has 0 aliphatic carbocycles. The van der Waals surface area contributed by atoms with Gasteiger partial charge in [0.05, 0.1) is 22.3 Å². The number of aliphatic hydroxyl groups is 1. The van der Waals surface area contributed by atoms with E-state index in [1.165, 1.54) is 18.2 Å². The molecule has 0 atom stereocenters. The summed E-state index contributed by atoms with van der Waals surface area (Å²) in [6.45, 7) is 3.67. The Labute approximate surface area is 149 Å². The Bertz CT molecular complexity index is 884. The van der Waals surface area contributed by atoms with Gasteiger partial charge in [-0.05, 0) is 31.0 Å². The van der Waals surface area contributed by atoms with Crippen molar-refractivity contribution in [2.45, 2.75) is 37.2 Å². The van der Waals surface area contributed by atoms with Crippen LogP contribution in [0.15, 0.2) is 28.5 Å². The SMILES string of the molecule is CCC(O)(CC)c1csc(NS(=O)(=O)c2ccc(C#N)cc2Cl)n1. The number of hydrogen-bond donors (Lipinski definition) is 2. The van der Waals surface area contributed by atoms with Gasteiger partial charge in [0.25, 0.3) is 10.0 Å². The Hall–Kier alpha value is -1.66. The Balaban J connectivity index is 2.31. The Kier molecular flexibility index (Phi) is 5.50. The molecule has 6 nitrogen and oxygen atoms in total. The maximum absolute atomic E-state index is 12.4. The second kappa shape index (κ2) is 7.07. The minimum absolute atomic E-state index is 0.0445. The number of thiazole rings is 1. The molecule has 1 aromatic heterocycles. The fourth-order valence-corrected chi connectivity index (χ4v) is 4.71. The molecule has 0 unspecified atom stereocenters. The molecule has 24 heavy (non-hydrogen) atoms. The van der Waals surface area contributed by atoms with Crippen LogP contribution in [0.3, 0.4) is 0 Å². The first-order valence-corrected chi connectivity index (χ1v) is 9.90. The lowest BCUT2D eigenvalue weighted by Crippen LogP contribution is -2.24. The van der Waals surface area contributed by atoms with Gasteiger partial charge in [0, 0.05) is 5.38 Å². The molecular weight excluding hydrogens is 370 g/mol. The van der Waals surface area contributed by atoms with Crippen molar-refractivity contribution in [2.75, 3.05) is 4.72 Å². The lowest BCUT2D eigenvalue weighted by molar-refractivity contribution is 0.0247. The number of benzene rings is 1. The molecule has 0 aliphatic rings. The van der Waals surface area contributed by atoms with E-state index in [2.05, 4.69) is 9.71 Å². The zero-order valence-electron chi connectivity index (χ0n) is 13.1. The number of nitriles is 1. The number of aromatic nitrogens is 1. The number of hydrogen-bond acceptors (Lipinski definition) is 6. The number of rotatable bonds is 6. The molecule has 0 amide bonds. The first-order valence-electron chi connectivity index (χ1n) is 7.16. The third-order valence-electron chi connectivity index (χ3n) is 3.72. The van der Waals surface area contributed by atoms with E-state index >= 15 is 0 Å². The number of sulfonamides is 1. The van der Waals surface area contributed by atoms with Gasteiger partial charge in [-0.1, -0.05) is 25.4 Å². The topological polar surface area (TPSA) is 103 Å². The van der Waals surface area contributed by atoms with Crippen molar-refractivity contribution >= 4 is 38.1 Å². The molecule has 1 heterocycles. The summed E-state index contributed by atoms with van der Waals surface area (Å²) in [6.07, 6.45) is 0.946. The summed E-state index contributed by atoms with van der Waals surface area (Å²) in [5.74, 6) is 0. The average molecular weight is 386 g/mol. The fraction of sp³-hybridized carbons (Fsp3) is 0.333. The molecule has 0 aliphatic heterocycles. The monoisotopic (exact) mass is 385 g/mol. The molecule has 0 saturated heterocycles. The second-order valence-corrected chi connectivity index (χ2v) is 8.06. The van der Waals surface area contributed by atoms with Gasteiger partial charge >= 0.3 is 0 Å². The maximum atomic E-state index is 12.4. The molecular formula is C15H16ClN3O3S2. The summed E-state index contributed by atoms with van der Waals surface area (Å²) >= 11 is 7.04. The summed E-state index contributed by atoms with van der Waals surface area (Å²) in [5.41, 5.74) is -0.376. The third-order valence-corrected chi connectivity index (χ3v) is 6.43. The predicted octanol–water partition coefficient (Wildman–Crippen LogP) is 3.48. The van der Waals surface area contributed by atoms with Crippen LogP contribution >= 0.6 is 22.9 Å². The van der Waals surface area contributed by atoms with Crippen LogP contribution in [0, 0.1) is 11.3 Å². The van der Waals surface area contributed by atoms with Crippen molar-refractivity contribution in [3.8, 4) is 6.07 Å². The van der Waals surface area contributed by atoms with Crippen molar-refractivity contribution in [3.63, 3.8) is 0 Å². The molecule has 1 aromatic carbocycles. The maximum Gasteiger partial charge on any atom is 0.265 e. The van der Waals surface area contributed by atoms with Crippen LogP contribution < -0.4 is 4.72 Å². The highest BCUT2D eigenvalue weighted by atomic mass is 35.5. The summed E-state index contributed by atoms with van der Waals surface area (Å²) in [4.78, 5) is 4.04. The van der Waals surface area contributed by atoms with E-state index in [1.807, 2.05) is 19.9 Å². The van der Waals surface area contributed by atoms with Crippen LogP contribution in [0.5, 0.6) is 0 Å². The van der Waals surface area contributed by atoms with E-state index in [1.54, 1.807) is 5.38 Å². The number of anilines is 1. The quantitative estimate of drug-likeness (QED) is 0.792. The molecule has 0 spiro atoms. The molecule has 0 bridgehead atoms. The highest BCUT2D eigenvalue weighted by molar-refractivity contribution is 7.93. The lowest BCUT2D eigenvalue weighted by Gasteiger charge is -2.22. The van der Waals surface area contributed by atoms with E-state index in [4.69, 9.17) is 16.9 Å². The number of nitrogens with one attached hydrogen (secondary N) is 1. The van der Waals surface area contributed by atoms with Gasteiger partial charge in [-0.3, -0.25) is 4.72 Å². The first-order chi connectivity index (χ1) is 11.3. The first kappa shape index (κ1) is 18.7. The number of halogens is 1. The molecule has 2 rings (SSSR count). The van der Waals surface area contributed by atoms with Crippen LogP contribution in [0.1, 0.15) is 37.9 Å². The van der Waals surface area contributed by atoms with Gasteiger partial charge in [0.2, 0.25) is 0 Å². The Morgan fingerprint density at radius 2 is 2.08 bits per heavy atom. The van der Waals surface area contributed by atoms with E-state index < -0.39 is 15.6 Å². The zero-order chi connectivity index (χ0) is 18.0. The van der Waals surface area contributed by atoms with Crippen molar-refractivity contribution in [1.29, 1.82) is 5.26 Å². The van der Waals surface area contributed by atoms with Crippen molar-refractivity contribution in [2.24, 2.45) is 0 Å². The van der Waals surface area contributed by atoms with Crippen LogP contribution in [0.25, 0.3) is 0 Å². The molecule has 128 valence electrons. The summed E-state index contributed by atoms with van der Waals surface area (Å²) < 4.78 is 27.2. The molecule has 0 radical (unpaired) electrons. The van der Waals surface area contributed by atoms with E-state index in [-0.39, 0.29) is 20.6 Å². The molecule has 0 saturated carbocycles. The summed E-state index contributed by atoms with van der Waals surface area (Å²) in [5, 5.41) is 21.0. The minimum Gasteiger partial charge on any atom is -0.384 e. The van der Waals surface area contributed by atoms with Gasteiger partial charge in [0.1, 0.15) is 10.5 Å². The zero-order valence-corrected chi connectivity index (χ0v) is 15.5. The molecule has 0 fully saturated rings. The van der Waals surface area contributed by atoms with Gasteiger partial charge in [-0.25, -0.2) is 13.4 Å². The normalized spacial score (nSPS) is 12.0. The van der Waals surface area contributed by atoms with Crippen LogP contribution in [0.4, 0.5) is 5.13 Å². The molecule has 2 aromatic rings. The predicted molar refractivity (Wildman–Crippen MR) is 93.6 cm³/mol. The molecule has 2 N–H and O–H groups in total. The highest BCUT2D eigenvalue weighted by Crippen LogP contribution is 2.32. The van der Waals surface area contributed by atoms with E-state index in [0.717, 1.165) is 11.3 Å². The van der Waals surface area contributed by atoms with E-state index in [0.29, 0.717) is 18.5 Å². The minimum atomic E-state index is -3.94. The third kappa shape index (κ3) is 3.70. The smallest absolute Gasteiger partial charge is 0.265 e. The van der Waals surface area contributed by atoms with Gasteiger partial charge in [-0.2, -0.15) is 5.26 Å². The van der Waals surface area contributed by atoms with Crippen LogP contribution in [-0.2, 0) is 15.6 Å². The second-order valence-electron chi connectivity index (χ2n) is 5.14. The van der Waals surface area contributed by atoms with Gasteiger partial charge in [-0.15, -0.1) is 11.3 Å². The van der Waals surface area contributed by atoms with Gasteiger partial charge < -0.3 is 5.11 Å². The van der Waals surface area contributed by atoms with Gasteiger partial charge in [0.15, 0.2) is 5.13 Å². The molecule has 9 heteroatoms. The van der Waals surface area contributed by atoms with Crippen LogP contribution in [0.2, 0.25) is 5.02 Å².